The van der Waals surface area contributed by atoms with Gasteiger partial charge in [0.15, 0.2) is 0 Å². The van der Waals surface area contributed by atoms with Gasteiger partial charge in [0.2, 0.25) is 5.91 Å². The lowest BCUT2D eigenvalue weighted by Crippen LogP contribution is -2.37. The molecule has 0 radical (unpaired) electrons. The van der Waals surface area contributed by atoms with Crippen molar-refractivity contribution in [2.75, 3.05) is 20.1 Å². The van der Waals surface area contributed by atoms with E-state index in [1.165, 1.54) is 38.5 Å². The SMILES string of the molecule is CCCCCCCCNC1CCN(C)C1=O. The van der Waals surface area contributed by atoms with Gasteiger partial charge in [0.25, 0.3) is 0 Å². The molecule has 0 aromatic carbocycles. The highest BCUT2D eigenvalue weighted by molar-refractivity contribution is 5.83. The van der Waals surface area contributed by atoms with E-state index in [0.29, 0.717) is 0 Å². The lowest BCUT2D eigenvalue weighted by atomic mass is 10.1. The molecular weight excluding hydrogens is 200 g/mol. The molecule has 0 spiro atoms. The van der Waals surface area contributed by atoms with Crippen LogP contribution in [0.15, 0.2) is 0 Å². The van der Waals surface area contributed by atoms with Crippen LogP contribution in [0.4, 0.5) is 0 Å². The van der Waals surface area contributed by atoms with Gasteiger partial charge in [-0.05, 0) is 19.4 Å². The molecule has 1 rings (SSSR count). The van der Waals surface area contributed by atoms with Crippen molar-refractivity contribution in [3.8, 4) is 0 Å². The smallest absolute Gasteiger partial charge is 0.239 e. The summed E-state index contributed by atoms with van der Waals surface area (Å²) in [5.74, 6) is 0.269. The molecule has 0 aromatic rings. The molecule has 0 saturated carbocycles. The standard InChI is InChI=1S/C13H26N2O/c1-3-4-5-6-7-8-10-14-12-9-11-15(2)13(12)16/h12,14H,3-11H2,1-2H3. The van der Waals surface area contributed by atoms with Gasteiger partial charge in [-0.3, -0.25) is 4.79 Å². The van der Waals surface area contributed by atoms with Crippen molar-refractivity contribution in [1.82, 2.24) is 10.2 Å². The monoisotopic (exact) mass is 226 g/mol. The number of unbranched alkanes of at least 4 members (excludes halogenated alkanes) is 5. The molecule has 0 aliphatic carbocycles. The highest BCUT2D eigenvalue weighted by Crippen LogP contribution is 2.09. The minimum Gasteiger partial charge on any atom is -0.344 e. The molecule has 1 N–H and O–H groups in total. The number of carbonyl (C=O) groups is 1. The Morgan fingerprint density at radius 1 is 1.25 bits per heavy atom. The lowest BCUT2D eigenvalue weighted by molar-refractivity contribution is -0.128. The Morgan fingerprint density at radius 3 is 2.56 bits per heavy atom. The molecule has 0 aromatic heterocycles. The van der Waals surface area contributed by atoms with E-state index in [1.807, 2.05) is 11.9 Å². The Morgan fingerprint density at radius 2 is 1.94 bits per heavy atom. The summed E-state index contributed by atoms with van der Waals surface area (Å²) in [6.07, 6.45) is 8.85. The average molecular weight is 226 g/mol. The van der Waals surface area contributed by atoms with E-state index >= 15 is 0 Å². The van der Waals surface area contributed by atoms with Gasteiger partial charge in [-0.2, -0.15) is 0 Å². The lowest BCUT2D eigenvalue weighted by Gasteiger charge is -2.11. The summed E-state index contributed by atoms with van der Waals surface area (Å²) in [5.41, 5.74) is 0. The normalized spacial score (nSPS) is 20.8. The second-order valence-corrected chi connectivity index (χ2v) is 4.82. The third kappa shape index (κ3) is 4.52. The van der Waals surface area contributed by atoms with E-state index in [2.05, 4.69) is 12.2 Å². The minimum absolute atomic E-state index is 0.0978. The Kier molecular flexibility index (Phi) is 6.46. The van der Waals surface area contributed by atoms with Crippen LogP contribution in [0.25, 0.3) is 0 Å². The summed E-state index contributed by atoms with van der Waals surface area (Å²) >= 11 is 0. The van der Waals surface area contributed by atoms with Crippen LogP contribution >= 0.6 is 0 Å². The van der Waals surface area contributed by atoms with Gasteiger partial charge in [0.05, 0.1) is 6.04 Å². The molecule has 1 saturated heterocycles. The summed E-state index contributed by atoms with van der Waals surface area (Å²) in [4.78, 5) is 13.4. The number of amides is 1. The largest absolute Gasteiger partial charge is 0.344 e. The zero-order valence-corrected chi connectivity index (χ0v) is 10.8. The second kappa shape index (κ2) is 7.66. The molecular formula is C13H26N2O. The summed E-state index contributed by atoms with van der Waals surface area (Å²) in [5, 5.41) is 3.36. The van der Waals surface area contributed by atoms with Crippen LogP contribution in [-0.4, -0.2) is 37.0 Å². The van der Waals surface area contributed by atoms with Crippen LogP contribution < -0.4 is 5.32 Å². The molecule has 16 heavy (non-hydrogen) atoms. The molecule has 94 valence electrons. The Labute approximate surface area is 99.6 Å². The predicted molar refractivity (Wildman–Crippen MR) is 67.4 cm³/mol. The molecule has 1 amide bonds. The summed E-state index contributed by atoms with van der Waals surface area (Å²) in [6.45, 7) is 4.15. The number of carbonyl (C=O) groups excluding carboxylic acids is 1. The predicted octanol–water partition coefficient (Wildman–Crippen LogP) is 2.17. The number of hydrogen-bond donors (Lipinski definition) is 1. The van der Waals surface area contributed by atoms with Crippen LogP contribution in [0.5, 0.6) is 0 Å². The molecule has 0 bridgehead atoms. The van der Waals surface area contributed by atoms with Crippen molar-refractivity contribution in [2.45, 2.75) is 57.9 Å². The van der Waals surface area contributed by atoms with Crippen LogP contribution in [0.1, 0.15) is 51.9 Å². The van der Waals surface area contributed by atoms with E-state index in [-0.39, 0.29) is 11.9 Å². The number of likely N-dealkylation sites (tertiary alicyclic amines) is 1. The molecule has 1 fully saturated rings. The fourth-order valence-corrected chi connectivity index (χ4v) is 2.19. The fourth-order valence-electron chi connectivity index (χ4n) is 2.19. The van der Waals surface area contributed by atoms with Crippen molar-refractivity contribution in [2.24, 2.45) is 0 Å². The Bertz CT molecular complexity index is 206. The van der Waals surface area contributed by atoms with Gasteiger partial charge in [0, 0.05) is 13.6 Å². The van der Waals surface area contributed by atoms with E-state index in [9.17, 15) is 4.79 Å². The first-order valence-electron chi connectivity index (χ1n) is 6.74. The van der Waals surface area contributed by atoms with Crippen LogP contribution in [-0.2, 0) is 4.79 Å². The van der Waals surface area contributed by atoms with Crippen LogP contribution in [0.2, 0.25) is 0 Å². The quantitative estimate of drug-likeness (QED) is 0.643. The van der Waals surface area contributed by atoms with E-state index < -0.39 is 0 Å². The molecule has 3 heteroatoms. The summed E-state index contributed by atoms with van der Waals surface area (Å²) in [7, 11) is 1.88. The maximum Gasteiger partial charge on any atom is 0.239 e. The molecule has 1 aliphatic heterocycles. The third-order valence-corrected chi connectivity index (χ3v) is 3.35. The summed E-state index contributed by atoms with van der Waals surface area (Å²) < 4.78 is 0. The third-order valence-electron chi connectivity index (χ3n) is 3.35. The van der Waals surface area contributed by atoms with E-state index in [4.69, 9.17) is 0 Å². The first-order valence-corrected chi connectivity index (χ1v) is 6.74. The highest BCUT2D eigenvalue weighted by atomic mass is 16.2. The van der Waals surface area contributed by atoms with Gasteiger partial charge in [0.1, 0.15) is 0 Å². The van der Waals surface area contributed by atoms with Crippen molar-refractivity contribution in [1.29, 1.82) is 0 Å². The molecule has 3 nitrogen and oxygen atoms in total. The second-order valence-electron chi connectivity index (χ2n) is 4.82. The van der Waals surface area contributed by atoms with Gasteiger partial charge in [-0.15, -0.1) is 0 Å². The number of hydrogen-bond acceptors (Lipinski definition) is 2. The van der Waals surface area contributed by atoms with Gasteiger partial charge in [-0.25, -0.2) is 0 Å². The molecule has 1 unspecified atom stereocenters. The zero-order valence-electron chi connectivity index (χ0n) is 10.8. The molecule has 1 heterocycles. The van der Waals surface area contributed by atoms with Crippen molar-refractivity contribution in [3.05, 3.63) is 0 Å². The summed E-state index contributed by atoms with van der Waals surface area (Å²) in [6, 6.07) is 0.0978. The maximum absolute atomic E-state index is 11.6. The minimum atomic E-state index is 0.0978. The first kappa shape index (κ1) is 13.5. The topological polar surface area (TPSA) is 32.3 Å². The number of nitrogens with zero attached hydrogens (tertiary/aromatic N) is 1. The average Bonchev–Trinajstić information content (AvgIpc) is 2.59. The Hall–Kier alpha value is -0.570. The number of nitrogens with one attached hydrogen (secondary N) is 1. The number of likely N-dealkylation sites (N-methyl/N-ethyl adjacent to an activating group) is 1. The Balaban J connectivity index is 1.93. The van der Waals surface area contributed by atoms with Crippen molar-refractivity contribution in [3.63, 3.8) is 0 Å². The first-order chi connectivity index (χ1) is 7.75. The van der Waals surface area contributed by atoms with Gasteiger partial charge in [-0.1, -0.05) is 39.0 Å². The van der Waals surface area contributed by atoms with Crippen LogP contribution in [0, 0.1) is 0 Å². The van der Waals surface area contributed by atoms with Crippen LogP contribution in [0.3, 0.4) is 0 Å². The number of rotatable bonds is 8. The maximum atomic E-state index is 11.6. The van der Waals surface area contributed by atoms with E-state index in [1.54, 1.807) is 0 Å². The van der Waals surface area contributed by atoms with Gasteiger partial charge >= 0.3 is 0 Å². The molecule has 1 atom stereocenters. The van der Waals surface area contributed by atoms with E-state index in [0.717, 1.165) is 19.5 Å². The zero-order chi connectivity index (χ0) is 11.8. The highest BCUT2D eigenvalue weighted by Gasteiger charge is 2.27. The van der Waals surface area contributed by atoms with Crippen molar-refractivity contribution < 1.29 is 4.79 Å². The van der Waals surface area contributed by atoms with Gasteiger partial charge < -0.3 is 10.2 Å². The molecule has 1 aliphatic rings. The van der Waals surface area contributed by atoms with Crippen molar-refractivity contribution >= 4 is 5.91 Å². The fraction of sp³-hybridized carbons (Fsp3) is 0.923.